The predicted molar refractivity (Wildman–Crippen MR) is 130 cm³/mol. The molecule has 6 nitrogen and oxygen atoms in total. The number of benzene rings is 1. The summed E-state index contributed by atoms with van der Waals surface area (Å²) in [6.45, 7) is 6.13. The molecule has 7 heteroatoms. The molecule has 1 fully saturated rings. The van der Waals surface area contributed by atoms with Crippen molar-refractivity contribution in [3.8, 4) is 0 Å². The van der Waals surface area contributed by atoms with Crippen molar-refractivity contribution in [3.63, 3.8) is 0 Å². The van der Waals surface area contributed by atoms with E-state index in [-0.39, 0.29) is 5.91 Å². The predicted octanol–water partition coefficient (Wildman–Crippen LogP) is 3.59. The highest BCUT2D eigenvalue weighted by Crippen LogP contribution is 2.29. The Morgan fingerprint density at radius 3 is 2.48 bits per heavy atom. The molecule has 2 aromatic rings. The Hall–Kier alpha value is -2.38. The third-order valence-electron chi connectivity index (χ3n) is 5.88. The molecule has 3 rings (SSSR count). The number of piperidine rings is 1. The Morgan fingerprint density at radius 2 is 1.90 bits per heavy atom. The van der Waals surface area contributed by atoms with E-state index in [2.05, 4.69) is 45.0 Å². The van der Waals surface area contributed by atoms with Gasteiger partial charge in [-0.1, -0.05) is 25.1 Å². The van der Waals surface area contributed by atoms with Crippen LogP contribution in [-0.2, 0) is 6.54 Å². The zero-order valence-electron chi connectivity index (χ0n) is 19.1. The van der Waals surface area contributed by atoms with Crippen molar-refractivity contribution in [2.45, 2.75) is 32.4 Å². The number of rotatable bonds is 7. The summed E-state index contributed by atoms with van der Waals surface area (Å²) in [6.07, 6.45) is 2.53. The van der Waals surface area contributed by atoms with Crippen molar-refractivity contribution >= 4 is 23.2 Å². The number of guanidine groups is 1. The maximum absolute atomic E-state index is 12.0. The molecule has 1 amide bonds. The van der Waals surface area contributed by atoms with Gasteiger partial charge in [0.05, 0.1) is 6.04 Å². The first-order valence-corrected chi connectivity index (χ1v) is 11.9. The number of carbonyl (C=O) groups is 1. The highest BCUT2D eigenvalue weighted by Gasteiger charge is 2.25. The SMILES string of the molecule is CN=C(NCc1ccc(C(=O)N(C)C)cc1)NCC(c1cccs1)N1CCC(C)CC1. The smallest absolute Gasteiger partial charge is 0.253 e. The van der Waals surface area contributed by atoms with Gasteiger partial charge in [0, 0.05) is 44.7 Å². The summed E-state index contributed by atoms with van der Waals surface area (Å²) in [5, 5.41) is 9.08. The Labute approximate surface area is 190 Å². The summed E-state index contributed by atoms with van der Waals surface area (Å²) in [7, 11) is 5.33. The molecule has 0 aliphatic carbocycles. The van der Waals surface area contributed by atoms with Crippen LogP contribution in [0.3, 0.4) is 0 Å². The molecule has 168 valence electrons. The van der Waals surface area contributed by atoms with E-state index < -0.39 is 0 Å². The fourth-order valence-electron chi connectivity index (χ4n) is 3.85. The van der Waals surface area contributed by atoms with Crippen molar-refractivity contribution in [2.75, 3.05) is 40.8 Å². The number of aliphatic imine (C=N–C) groups is 1. The lowest BCUT2D eigenvalue weighted by Gasteiger charge is -2.36. The minimum Gasteiger partial charge on any atom is -0.354 e. The molecule has 1 aromatic carbocycles. The Kier molecular flexibility index (Phi) is 8.49. The molecule has 1 aliphatic rings. The van der Waals surface area contributed by atoms with Crippen LogP contribution in [0.25, 0.3) is 0 Å². The van der Waals surface area contributed by atoms with Gasteiger partial charge in [-0.3, -0.25) is 14.7 Å². The van der Waals surface area contributed by atoms with Gasteiger partial charge in [-0.2, -0.15) is 0 Å². The lowest BCUT2D eigenvalue weighted by atomic mass is 9.97. The van der Waals surface area contributed by atoms with Gasteiger partial charge in [0.25, 0.3) is 5.91 Å². The van der Waals surface area contributed by atoms with E-state index in [9.17, 15) is 4.79 Å². The normalized spacial score (nSPS) is 16.7. The first kappa shape index (κ1) is 23.3. The second-order valence-electron chi connectivity index (χ2n) is 8.45. The lowest BCUT2D eigenvalue weighted by Crippen LogP contribution is -2.44. The van der Waals surface area contributed by atoms with E-state index in [4.69, 9.17) is 0 Å². The number of amides is 1. The highest BCUT2D eigenvalue weighted by atomic mass is 32.1. The topological polar surface area (TPSA) is 60.0 Å². The van der Waals surface area contributed by atoms with Gasteiger partial charge in [-0.15, -0.1) is 11.3 Å². The van der Waals surface area contributed by atoms with Crippen LogP contribution in [0.15, 0.2) is 46.8 Å². The highest BCUT2D eigenvalue weighted by molar-refractivity contribution is 7.10. The van der Waals surface area contributed by atoms with E-state index >= 15 is 0 Å². The maximum Gasteiger partial charge on any atom is 0.253 e. The van der Waals surface area contributed by atoms with Crippen LogP contribution in [0.1, 0.15) is 46.6 Å². The molecule has 1 aromatic heterocycles. The Balaban J connectivity index is 1.55. The van der Waals surface area contributed by atoms with Gasteiger partial charge in [0.15, 0.2) is 5.96 Å². The summed E-state index contributed by atoms with van der Waals surface area (Å²) < 4.78 is 0. The molecule has 2 N–H and O–H groups in total. The number of nitrogens with one attached hydrogen (secondary N) is 2. The molecular formula is C24H35N5OS. The van der Waals surface area contributed by atoms with Crippen LogP contribution in [0, 0.1) is 5.92 Å². The van der Waals surface area contributed by atoms with Gasteiger partial charge in [-0.05, 0) is 61.0 Å². The fourth-order valence-corrected chi connectivity index (χ4v) is 4.71. The molecule has 2 heterocycles. The summed E-state index contributed by atoms with van der Waals surface area (Å²) in [4.78, 5) is 22.0. The van der Waals surface area contributed by atoms with Crippen molar-refractivity contribution in [3.05, 3.63) is 57.8 Å². The van der Waals surface area contributed by atoms with Gasteiger partial charge >= 0.3 is 0 Å². The van der Waals surface area contributed by atoms with Gasteiger partial charge < -0.3 is 15.5 Å². The zero-order valence-corrected chi connectivity index (χ0v) is 19.9. The van der Waals surface area contributed by atoms with Crippen molar-refractivity contribution in [1.29, 1.82) is 0 Å². The second-order valence-corrected chi connectivity index (χ2v) is 9.43. The van der Waals surface area contributed by atoms with E-state index in [1.54, 1.807) is 26.0 Å². The monoisotopic (exact) mass is 441 g/mol. The van der Waals surface area contributed by atoms with Gasteiger partial charge in [0.2, 0.25) is 0 Å². The minimum absolute atomic E-state index is 0.0173. The largest absolute Gasteiger partial charge is 0.354 e. The Bertz CT molecular complexity index is 839. The minimum atomic E-state index is 0.0173. The fraction of sp³-hybridized carbons (Fsp3) is 0.500. The molecule has 0 saturated carbocycles. The first-order valence-electron chi connectivity index (χ1n) is 11.0. The number of likely N-dealkylation sites (tertiary alicyclic amines) is 1. The average Bonchev–Trinajstić information content (AvgIpc) is 3.31. The summed E-state index contributed by atoms with van der Waals surface area (Å²) in [5.74, 6) is 1.63. The van der Waals surface area contributed by atoms with E-state index in [0.29, 0.717) is 18.2 Å². The molecular weight excluding hydrogens is 406 g/mol. The van der Waals surface area contributed by atoms with Crippen LogP contribution < -0.4 is 10.6 Å². The molecule has 0 bridgehead atoms. The Morgan fingerprint density at radius 1 is 1.19 bits per heavy atom. The summed E-state index contributed by atoms with van der Waals surface area (Å²) >= 11 is 1.83. The van der Waals surface area contributed by atoms with Crippen molar-refractivity contribution < 1.29 is 4.79 Å². The van der Waals surface area contributed by atoms with E-state index in [1.165, 1.54) is 17.7 Å². The summed E-state index contributed by atoms with van der Waals surface area (Å²) in [6, 6.07) is 12.5. The lowest BCUT2D eigenvalue weighted by molar-refractivity contribution is 0.0827. The van der Waals surface area contributed by atoms with E-state index in [0.717, 1.165) is 37.1 Å². The maximum atomic E-state index is 12.0. The van der Waals surface area contributed by atoms with Crippen LogP contribution in [0.5, 0.6) is 0 Å². The average molecular weight is 442 g/mol. The molecule has 31 heavy (non-hydrogen) atoms. The zero-order chi connectivity index (χ0) is 22.2. The quantitative estimate of drug-likeness (QED) is 0.509. The van der Waals surface area contributed by atoms with E-state index in [1.807, 2.05) is 35.6 Å². The molecule has 1 unspecified atom stereocenters. The molecule has 1 aliphatic heterocycles. The van der Waals surface area contributed by atoms with Crippen LogP contribution in [0.4, 0.5) is 0 Å². The molecule has 0 spiro atoms. The van der Waals surface area contributed by atoms with Gasteiger partial charge in [-0.25, -0.2) is 0 Å². The van der Waals surface area contributed by atoms with Crippen LogP contribution >= 0.6 is 11.3 Å². The number of hydrogen-bond acceptors (Lipinski definition) is 4. The first-order chi connectivity index (χ1) is 15.0. The number of nitrogens with zero attached hydrogens (tertiary/aromatic N) is 3. The molecule has 0 radical (unpaired) electrons. The third-order valence-corrected chi connectivity index (χ3v) is 6.86. The molecule has 1 atom stereocenters. The van der Waals surface area contributed by atoms with Crippen molar-refractivity contribution in [1.82, 2.24) is 20.4 Å². The van der Waals surface area contributed by atoms with Crippen molar-refractivity contribution in [2.24, 2.45) is 10.9 Å². The second kappa shape index (κ2) is 11.3. The van der Waals surface area contributed by atoms with Gasteiger partial charge in [0.1, 0.15) is 0 Å². The third kappa shape index (κ3) is 6.55. The summed E-state index contributed by atoms with van der Waals surface area (Å²) in [5.41, 5.74) is 1.81. The number of hydrogen-bond donors (Lipinski definition) is 2. The number of thiophene rings is 1. The standard InChI is InChI=1S/C24H35N5OS/c1-18-11-13-29(14-12-18)21(22-6-5-15-31-22)17-27-24(25-2)26-16-19-7-9-20(10-8-19)23(30)28(3)4/h5-10,15,18,21H,11-14,16-17H2,1-4H3,(H2,25,26,27). The number of carbonyl (C=O) groups excluding carboxylic acids is 1. The van der Waals surface area contributed by atoms with Crippen LogP contribution in [-0.4, -0.2) is 62.4 Å². The van der Waals surface area contributed by atoms with Crippen LogP contribution in [0.2, 0.25) is 0 Å². The molecule has 1 saturated heterocycles.